The highest BCUT2D eigenvalue weighted by Crippen LogP contribution is 2.19. The van der Waals surface area contributed by atoms with E-state index in [2.05, 4.69) is 47.5 Å². The number of benzene rings is 1. The normalized spacial score (nSPS) is 20.7. The number of amides is 1. The SMILES string of the molecule is CC1CN(Cc2ccccc2)CC(CCCCCCNC(=O)OC(C)(C)C)O1. The highest BCUT2D eigenvalue weighted by molar-refractivity contribution is 5.67. The van der Waals surface area contributed by atoms with Gasteiger partial charge >= 0.3 is 6.09 Å². The Balaban J connectivity index is 1.56. The number of carbonyl (C=O) groups excluding carboxylic acids is 1. The fourth-order valence-electron chi connectivity index (χ4n) is 3.63. The van der Waals surface area contributed by atoms with E-state index < -0.39 is 5.60 Å². The van der Waals surface area contributed by atoms with E-state index in [0.29, 0.717) is 18.8 Å². The van der Waals surface area contributed by atoms with E-state index in [9.17, 15) is 4.79 Å². The first-order valence-electron chi connectivity index (χ1n) is 10.7. The van der Waals surface area contributed by atoms with Gasteiger partial charge in [0.1, 0.15) is 5.60 Å². The van der Waals surface area contributed by atoms with Gasteiger partial charge in [-0.2, -0.15) is 0 Å². The number of hydrogen-bond donors (Lipinski definition) is 1. The fraction of sp³-hybridized carbons (Fsp3) is 0.696. The van der Waals surface area contributed by atoms with Gasteiger partial charge in [-0.1, -0.05) is 49.6 Å². The van der Waals surface area contributed by atoms with Crippen LogP contribution in [0.5, 0.6) is 0 Å². The summed E-state index contributed by atoms with van der Waals surface area (Å²) in [5.74, 6) is 0. The third kappa shape index (κ3) is 9.56. The molecule has 5 heteroatoms. The van der Waals surface area contributed by atoms with Crippen LogP contribution in [-0.2, 0) is 16.0 Å². The summed E-state index contributed by atoms with van der Waals surface area (Å²) >= 11 is 0. The number of morpholine rings is 1. The third-order valence-corrected chi connectivity index (χ3v) is 4.77. The zero-order chi connectivity index (χ0) is 20.4. The predicted octanol–water partition coefficient (Wildman–Crippen LogP) is 4.75. The second-order valence-corrected chi connectivity index (χ2v) is 8.88. The number of carbonyl (C=O) groups is 1. The second-order valence-electron chi connectivity index (χ2n) is 8.88. The molecule has 1 N–H and O–H groups in total. The quantitative estimate of drug-likeness (QED) is 0.618. The molecule has 28 heavy (non-hydrogen) atoms. The van der Waals surface area contributed by atoms with Crippen LogP contribution in [0.3, 0.4) is 0 Å². The van der Waals surface area contributed by atoms with Crippen LogP contribution < -0.4 is 5.32 Å². The lowest BCUT2D eigenvalue weighted by atomic mass is 10.1. The molecule has 1 fully saturated rings. The molecule has 1 aliphatic rings. The summed E-state index contributed by atoms with van der Waals surface area (Å²) in [6, 6.07) is 10.7. The van der Waals surface area contributed by atoms with Crippen molar-refractivity contribution < 1.29 is 14.3 Å². The van der Waals surface area contributed by atoms with Gasteiger partial charge in [0.15, 0.2) is 0 Å². The Morgan fingerprint density at radius 1 is 1.14 bits per heavy atom. The number of rotatable bonds is 9. The molecule has 0 saturated carbocycles. The highest BCUT2D eigenvalue weighted by atomic mass is 16.6. The van der Waals surface area contributed by atoms with E-state index >= 15 is 0 Å². The zero-order valence-corrected chi connectivity index (χ0v) is 18.1. The maximum atomic E-state index is 11.6. The van der Waals surface area contributed by atoms with Gasteiger partial charge in [-0.05, 0) is 46.1 Å². The van der Waals surface area contributed by atoms with E-state index in [1.54, 1.807) is 0 Å². The smallest absolute Gasteiger partial charge is 0.407 e. The molecule has 2 atom stereocenters. The molecule has 158 valence electrons. The maximum Gasteiger partial charge on any atom is 0.407 e. The fourth-order valence-corrected chi connectivity index (χ4v) is 3.63. The molecule has 0 bridgehead atoms. The predicted molar refractivity (Wildman–Crippen MR) is 113 cm³/mol. The molecule has 1 heterocycles. The molecule has 0 spiro atoms. The van der Waals surface area contributed by atoms with Crippen molar-refractivity contribution in [1.82, 2.24) is 10.2 Å². The number of ether oxygens (including phenoxy) is 2. The van der Waals surface area contributed by atoms with E-state index in [4.69, 9.17) is 9.47 Å². The van der Waals surface area contributed by atoms with Gasteiger partial charge in [-0.25, -0.2) is 4.79 Å². The number of alkyl carbamates (subject to hydrolysis) is 1. The molecule has 2 unspecified atom stereocenters. The average molecular weight is 391 g/mol. The molecule has 1 saturated heterocycles. The van der Waals surface area contributed by atoms with Gasteiger partial charge in [-0.15, -0.1) is 0 Å². The highest BCUT2D eigenvalue weighted by Gasteiger charge is 2.24. The van der Waals surface area contributed by atoms with Gasteiger partial charge in [0.2, 0.25) is 0 Å². The molecule has 0 aromatic heterocycles. The van der Waals surface area contributed by atoms with Crippen LogP contribution in [0.1, 0.15) is 65.4 Å². The van der Waals surface area contributed by atoms with Crippen molar-refractivity contribution in [3.05, 3.63) is 35.9 Å². The standard InChI is InChI=1S/C23H38N2O3/c1-19-16-25(17-20-12-8-7-9-13-20)18-21(27-19)14-10-5-6-11-15-24-22(26)28-23(2,3)4/h7-9,12-13,19,21H,5-6,10-11,14-18H2,1-4H3,(H,24,26). The average Bonchev–Trinajstić information content (AvgIpc) is 2.60. The summed E-state index contributed by atoms with van der Waals surface area (Å²) < 4.78 is 11.4. The minimum absolute atomic E-state index is 0.292. The van der Waals surface area contributed by atoms with Crippen LogP contribution in [-0.4, -0.2) is 48.4 Å². The molecule has 1 amide bonds. The summed E-state index contributed by atoms with van der Waals surface area (Å²) in [5.41, 5.74) is 0.933. The Labute approximate surface area is 170 Å². The van der Waals surface area contributed by atoms with Crippen molar-refractivity contribution in [3.63, 3.8) is 0 Å². The first-order chi connectivity index (χ1) is 13.3. The summed E-state index contributed by atoms with van der Waals surface area (Å²) in [7, 11) is 0. The van der Waals surface area contributed by atoms with Gasteiger partial charge in [-0.3, -0.25) is 4.90 Å². The van der Waals surface area contributed by atoms with Crippen molar-refractivity contribution in [1.29, 1.82) is 0 Å². The van der Waals surface area contributed by atoms with Crippen LogP contribution in [0.2, 0.25) is 0 Å². The van der Waals surface area contributed by atoms with Gasteiger partial charge in [0.05, 0.1) is 12.2 Å². The first kappa shape index (κ1) is 22.7. The number of nitrogens with zero attached hydrogens (tertiary/aromatic N) is 1. The summed E-state index contributed by atoms with van der Waals surface area (Å²) in [4.78, 5) is 14.1. The Kier molecular flexibility index (Phi) is 9.26. The minimum atomic E-state index is -0.435. The van der Waals surface area contributed by atoms with Gasteiger partial charge in [0, 0.05) is 26.2 Å². The topological polar surface area (TPSA) is 50.8 Å². The van der Waals surface area contributed by atoms with E-state index in [0.717, 1.165) is 38.9 Å². The Bertz CT molecular complexity index is 571. The number of nitrogens with one attached hydrogen (secondary N) is 1. The largest absolute Gasteiger partial charge is 0.444 e. The lowest BCUT2D eigenvalue weighted by Crippen LogP contribution is -2.46. The van der Waals surface area contributed by atoms with Crippen LogP contribution in [0, 0.1) is 0 Å². The monoisotopic (exact) mass is 390 g/mol. The molecule has 5 nitrogen and oxygen atoms in total. The van der Waals surface area contributed by atoms with Crippen LogP contribution in [0.15, 0.2) is 30.3 Å². The second kappa shape index (κ2) is 11.4. The van der Waals surface area contributed by atoms with Crippen LogP contribution >= 0.6 is 0 Å². The minimum Gasteiger partial charge on any atom is -0.444 e. The Morgan fingerprint density at radius 2 is 1.86 bits per heavy atom. The lowest BCUT2D eigenvalue weighted by Gasteiger charge is -2.37. The Morgan fingerprint density at radius 3 is 2.57 bits per heavy atom. The zero-order valence-electron chi connectivity index (χ0n) is 18.1. The number of unbranched alkanes of at least 4 members (excludes halogenated alkanes) is 3. The summed E-state index contributed by atoms with van der Waals surface area (Å²) in [5, 5.41) is 2.82. The molecule has 1 aliphatic heterocycles. The molecular formula is C23H38N2O3. The van der Waals surface area contributed by atoms with Crippen molar-refractivity contribution in [2.45, 2.75) is 84.2 Å². The van der Waals surface area contributed by atoms with E-state index in [1.165, 1.54) is 18.4 Å². The van der Waals surface area contributed by atoms with Crippen molar-refractivity contribution in [2.75, 3.05) is 19.6 Å². The Hall–Kier alpha value is -1.59. The summed E-state index contributed by atoms with van der Waals surface area (Å²) in [6.45, 7) is 11.5. The van der Waals surface area contributed by atoms with Gasteiger partial charge < -0.3 is 14.8 Å². The molecule has 2 rings (SSSR count). The molecule has 1 aromatic carbocycles. The van der Waals surface area contributed by atoms with Crippen molar-refractivity contribution >= 4 is 6.09 Å². The first-order valence-corrected chi connectivity index (χ1v) is 10.7. The van der Waals surface area contributed by atoms with Crippen LogP contribution in [0.4, 0.5) is 4.79 Å². The number of hydrogen-bond acceptors (Lipinski definition) is 4. The molecule has 0 radical (unpaired) electrons. The molecule has 0 aliphatic carbocycles. The summed E-state index contributed by atoms with van der Waals surface area (Å²) in [6.07, 6.45) is 5.84. The molecular weight excluding hydrogens is 352 g/mol. The van der Waals surface area contributed by atoms with E-state index in [-0.39, 0.29) is 6.09 Å². The maximum absolute atomic E-state index is 11.6. The van der Waals surface area contributed by atoms with Crippen molar-refractivity contribution in [3.8, 4) is 0 Å². The lowest BCUT2D eigenvalue weighted by molar-refractivity contribution is -0.0827. The molecule has 1 aromatic rings. The van der Waals surface area contributed by atoms with Crippen molar-refractivity contribution in [2.24, 2.45) is 0 Å². The van der Waals surface area contributed by atoms with Crippen LogP contribution in [0.25, 0.3) is 0 Å². The van der Waals surface area contributed by atoms with Gasteiger partial charge in [0.25, 0.3) is 0 Å². The van der Waals surface area contributed by atoms with E-state index in [1.807, 2.05) is 20.8 Å². The third-order valence-electron chi connectivity index (χ3n) is 4.77.